The summed E-state index contributed by atoms with van der Waals surface area (Å²) in [5, 5.41) is 0. The van der Waals surface area contributed by atoms with E-state index in [4.69, 9.17) is 13.7 Å². The first-order chi connectivity index (χ1) is 12.2. The van der Waals surface area contributed by atoms with Gasteiger partial charge in [0.15, 0.2) is 0 Å². The molecule has 0 N–H and O–H groups in total. The summed E-state index contributed by atoms with van der Waals surface area (Å²) in [6.07, 6.45) is -0.332. The fourth-order valence-electron chi connectivity index (χ4n) is 2.76. The monoisotopic (exact) mass is 378 g/mol. The Kier molecular flexibility index (Phi) is 6.44. The highest BCUT2D eigenvalue weighted by atomic mass is 32.2. The third kappa shape index (κ3) is 4.84. The van der Waals surface area contributed by atoms with Crippen LogP contribution in [-0.2, 0) is 19.0 Å². The molecule has 0 heterocycles. The highest BCUT2D eigenvalue weighted by Crippen LogP contribution is 2.37. The third-order valence-electron chi connectivity index (χ3n) is 4.26. The number of hydrogen-bond acceptors (Lipinski definition) is 5. The van der Waals surface area contributed by atoms with Crippen molar-refractivity contribution in [2.75, 3.05) is 20.8 Å². The number of rotatable bonds is 8. The minimum absolute atomic E-state index is 0.00620. The lowest BCUT2D eigenvalue weighted by Crippen LogP contribution is -2.30. The quantitative estimate of drug-likeness (QED) is 0.647. The normalized spacial score (nSPS) is 13.4. The van der Waals surface area contributed by atoms with Crippen LogP contribution in [-0.4, -0.2) is 29.2 Å². The van der Waals surface area contributed by atoms with E-state index < -0.39 is 15.5 Å². The van der Waals surface area contributed by atoms with E-state index in [0.717, 1.165) is 16.9 Å². The van der Waals surface area contributed by atoms with E-state index in [2.05, 4.69) is 0 Å². The molecule has 142 valence electrons. The van der Waals surface area contributed by atoms with Crippen LogP contribution in [0.4, 0.5) is 0 Å². The van der Waals surface area contributed by atoms with Crippen LogP contribution < -0.4 is 4.74 Å². The number of ether oxygens (including phenoxy) is 2. The molecule has 6 heteroatoms. The summed E-state index contributed by atoms with van der Waals surface area (Å²) in [6, 6.07) is 14.1. The summed E-state index contributed by atoms with van der Waals surface area (Å²) in [5.41, 5.74) is 1.35. The molecule has 1 atom stereocenters. The number of methoxy groups -OCH3 is 2. The van der Waals surface area contributed by atoms with Crippen LogP contribution in [0.3, 0.4) is 0 Å². The summed E-state index contributed by atoms with van der Waals surface area (Å²) >= 11 is 0. The summed E-state index contributed by atoms with van der Waals surface area (Å²) < 4.78 is 41.0. The van der Waals surface area contributed by atoms with Crippen LogP contribution in [0.25, 0.3) is 0 Å². The molecule has 0 amide bonds. The van der Waals surface area contributed by atoms with Crippen molar-refractivity contribution in [1.82, 2.24) is 0 Å². The molecule has 0 saturated heterocycles. The largest absolute Gasteiger partial charge is 0.497 e. The second-order valence-electron chi connectivity index (χ2n) is 6.91. The molecule has 0 aliphatic carbocycles. The predicted octanol–water partition coefficient (Wildman–Crippen LogP) is 4.12. The fourth-order valence-corrected chi connectivity index (χ4v) is 3.83. The van der Waals surface area contributed by atoms with Crippen LogP contribution in [0.5, 0.6) is 5.75 Å². The van der Waals surface area contributed by atoms with Crippen molar-refractivity contribution >= 4 is 10.1 Å². The van der Waals surface area contributed by atoms with E-state index in [1.165, 1.54) is 0 Å². The lowest BCUT2D eigenvalue weighted by atomic mass is 9.83. The zero-order valence-electron chi connectivity index (χ0n) is 15.9. The van der Waals surface area contributed by atoms with Gasteiger partial charge < -0.3 is 9.47 Å². The SMILES string of the molecule is COc1ccc(C(OC)C(C)(C)COS(=O)(=O)c2ccc(C)cc2)cc1. The first kappa shape index (κ1) is 20.4. The molecule has 0 saturated carbocycles. The van der Waals surface area contributed by atoms with E-state index in [-0.39, 0.29) is 17.6 Å². The van der Waals surface area contributed by atoms with Crippen LogP contribution in [0.15, 0.2) is 53.4 Å². The van der Waals surface area contributed by atoms with E-state index in [0.29, 0.717) is 0 Å². The molecule has 2 aromatic rings. The second-order valence-corrected chi connectivity index (χ2v) is 8.52. The van der Waals surface area contributed by atoms with Crippen molar-refractivity contribution in [2.45, 2.75) is 31.8 Å². The summed E-state index contributed by atoms with van der Waals surface area (Å²) in [7, 11) is -0.610. The highest BCUT2D eigenvalue weighted by Gasteiger charge is 2.33. The van der Waals surface area contributed by atoms with Gasteiger partial charge in [-0.25, -0.2) is 0 Å². The van der Waals surface area contributed by atoms with E-state index in [1.54, 1.807) is 38.5 Å². The van der Waals surface area contributed by atoms with E-state index >= 15 is 0 Å². The average Bonchev–Trinajstić information content (AvgIpc) is 2.62. The molecule has 0 radical (unpaired) electrons. The summed E-state index contributed by atoms with van der Waals surface area (Å²) in [4.78, 5) is 0.150. The Hall–Kier alpha value is -1.89. The van der Waals surface area contributed by atoms with Crippen molar-refractivity contribution in [3.8, 4) is 5.75 Å². The predicted molar refractivity (Wildman–Crippen MR) is 101 cm³/mol. The van der Waals surface area contributed by atoms with Gasteiger partial charge in [-0.2, -0.15) is 8.42 Å². The number of benzene rings is 2. The van der Waals surface area contributed by atoms with E-state index in [1.807, 2.05) is 45.0 Å². The molecular formula is C20H26O5S. The second kappa shape index (κ2) is 8.20. The van der Waals surface area contributed by atoms with Crippen molar-refractivity contribution in [2.24, 2.45) is 5.41 Å². The van der Waals surface area contributed by atoms with Gasteiger partial charge in [0.05, 0.1) is 24.7 Å². The molecular weight excluding hydrogens is 352 g/mol. The first-order valence-corrected chi connectivity index (χ1v) is 9.73. The Morgan fingerprint density at radius 2 is 1.54 bits per heavy atom. The zero-order valence-corrected chi connectivity index (χ0v) is 16.7. The minimum atomic E-state index is -3.82. The minimum Gasteiger partial charge on any atom is -0.497 e. The van der Waals surface area contributed by atoms with Crippen molar-refractivity contribution < 1.29 is 22.1 Å². The van der Waals surface area contributed by atoms with Crippen molar-refractivity contribution in [3.63, 3.8) is 0 Å². The smallest absolute Gasteiger partial charge is 0.296 e. The van der Waals surface area contributed by atoms with E-state index in [9.17, 15) is 8.42 Å². The molecule has 0 aliphatic rings. The van der Waals surface area contributed by atoms with Crippen molar-refractivity contribution in [3.05, 3.63) is 59.7 Å². The molecule has 0 bridgehead atoms. The Balaban J connectivity index is 2.15. The molecule has 2 aromatic carbocycles. The molecule has 0 spiro atoms. The van der Waals surface area contributed by atoms with Gasteiger partial charge in [-0.15, -0.1) is 0 Å². The van der Waals surface area contributed by atoms with Crippen LogP contribution in [0.2, 0.25) is 0 Å². The number of hydrogen-bond donors (Lipinski definition) is 0. The van der Waals surface area contributed by atoms with Crippen LogP contribution in [0, 0.1) is 12.3 Å². The third-order valence-corrected chi connectivity index (χ3v) is 5.54. The maximum absolute atomic E-state index is 12.4. The maximum Gasteiger partial charge on any atom is 0.296 e. The lowest BCUT2D eigenvalue weighted by molar-refractivity contribution is -0.0184. The van der Waals surface area contributed by atoms with Crippen LogP contribution in [0.1, 0.15) is 31.1 Å². The molecule has 5 nitrogen and oxygen atoms in total. The molecule has 0 fully saturated rings. The standard InChI is InChI=1S/C20H26O5S/c1-15-6-12-18(13-7-15)26(21,22)25-14-20(2,3)19(24-5)16-8-10-17(23-4)11-9-16/h6-13,19H,14H2,1-5H3. The topological polar surface area (TPSA) is 61.8 Å². The fraction of sp³-hybridized carbons (Fsp3) is 0.400. The Bertz CT molecular complexity index is 808. The van der Waals surface area contributed by atoms with Gasteiger partial charge in [0.25, 0.3) is 10.1 Å². The first-order valence-electron chi connectivity index (χ1n) is 8.32. The highest BCUT2D eigenvalue weighted by molar-refractivity contribution is 7.86. The Morgan fingerprint density at radius 3 is 2.04 bits per heavy atom. The Morgan fingerprint density at radius 1 is 0.962 bits per heavy atom. The summed E-state index contributed by atoms with van der Waals surface area (Å²) in [6.45, 7) is 5.72. The molecule has 0 aromatic heterocycles. The molecule has 0 aliphatic heterocycles. The zero-order chi connectivity index (χ0) is 19.4. The van der Waals surface area contributed by atoms with Gasteiger partial charge in [0.2, 0.25) is 0 Å². The molecule has 2 rings (SSSR count). The van der Waals surface area contributed by atoms with Gasteiger partial charge >= 0.3 is 0 Å². The lowest BCUT2D eigenvalue weighted by Gasteiger charge is -2.33. The van der Waals surface area contributed by atoms with Gasteiger partial charge in [-0.3, -0.25) is 4.18 Å². The van der Waals surface area contributed by atoms with Crippen molar-refractivity contribution in [1.29, 1.82) is 0 Å². The molecule has 1 unspecified atom stereocenters. The number of aryl methyl sites for hydroxylation is 1. The van der Waals surface area contributed by atoms with Gasteiger partial charge in [-0.1, -0.05) is 43.7 Å². The average molecular weight is 378 g/mol. The summed E-state index contributed by atoms with van der Waals surface area (Å²) in [5.74, 6) is 0.750. The van der Waals surface area contributed by atoms with Crippen LogP contribution >= 0.6 is 0 Å². The maximum atomic E-state index is 12.4. The molecule has 26 heavy (non-hydrogen) atoms. The van der Waals surface area contributed by atoms with Gasteiger partial charge in [0, 0.05) is 12.5 Å². The van der Waals surface area contributed by atoms with Gasteiger partial charge in [0.1, 0.15) is 5.75 Å². The van der Waals surface area contributed by atoms with Gasteiger partial charge in [-0.05, 0) is 36.8 Å². The Labute approximate surface area is 156 Å².